The molecule has 0 heterocycles. The zero-order valence-electron chi connectivity index (χ0n) is 22.9. The minimum atomic E-state index is -0.693. The summed E-state index contributed by atoms with van der Waals surface area (Å²) in [5.74, 6) is -0.693. The third-order valence-corrected chi connectivity index (χ3v) is 7.83. The number of benzene rings is 4. The summed E-state index contributed by atoms with van der Waals surface area (Å²) in [5, 5.41) is 69.2. The van der Waals surface area contributed by atoms with Crippen LogP contribution in [-0.2, 0) is 0 Å². The average Bonchev–Trinajstić information content (AvgIpc) is 3.59. The molecule has 0 amide bonds. The molecule has 0 saturated carbocycles. The largest absolute Gasteiger partial charge is 0.206 e. The second kappa shape index (κ2) is 10.7. The van der Waals surface area contributed by atoms with E-state index in [1.165, 1.54) is 24.3 Å². The normalized spacial score (nSPS) is 11.8. The van der Waals surface area contributed by atoms with Crippen molar-refractivity contribution in [3.8, 4) is 64.7 Å². The predicted octanol–water partition coefficient (Wildman–Crippen LogP) is 7.31. The van der Waals surface area contributed by atoms with Crippen LogP contribution in [0.1, 0.15) is 38.9 Å². The maximum Gasteiger partial charge on any atom is 0.140 e. The molecule has 0 aromatic heterocycles. The van der Waals surface area contributed by atoms with Crippen molar-refractivity contribution in [1.82, 2.24) is 0 Å². The fourth-order valence-corrected chi connectivity index (χ4v) is 6.03. The first-order valence-electron chi connectivity index (χ1n) is 13.2. The number of halogens is 1. The molecular weight excluding hydrogens is 561 g/mol. The fourth-order valence-electron chi connectivity index (χ4n) is 6.03. The van der Waals surface area contributed by atoms with Crippen LogP contribution in [0.25, 0.3) is 44.5 Å². The van der Waals surface area contributed by atoms with Gasteiger partial charge >= 0.3 is 0 Å². The molecule has 202 valence electrons. The second-order valence-electron chi connectivity index (χ2n) is 9.94. The molecule has 0 N–H and O–H groups in total. The number of hydrogen-bond donors (Lipinski definition) is 0. The number of nitriles is 7. The lowest BCUT2D eigenvalue weighted by Gasteiger charge is -2.18. The van der Waals surface area contributed by atoms with Crippen molar-refractivity contribution in [3.05, 3.63) is 129 Å². The lowest BCUT2D eigenvalue weighted by Crippen LogP contribution is -2.00. The van der Waals surface area contributed by atoms with E-state index in [0.717, 1.165) is 0 Å². The summed E-state index contributed by atoms with van der Waals surface area (Å²) in [6.45, 7) is 0. The van der Waals surface area contributed by atoms with Crippen LogP contribution in [0.2, 0.25) is 0 Å². The van der Waals surface area contributed by atoms with Crippen molar-refractivity contribution >= 4 is 22.3 Å². The highest BCUT2D eigenvalue weighted by molar-refractivity contribution is 6.39. The van der Waals surface area contributed by atoms with Gasteiger partial charge in [-0.25, -0.2) is 4.39 Å². The molecule has 8 heteroatoms. The lowest BCUT2D eigenvalue weighted by atomic mass is 9.83. The molecule has 0 unspecified atom stereocenters. The van der Waals surface area contributed by atoms with E-state index in [-0.39, 0.29) is 33.4 Å². The first kappa shape index (κ1) is 27.6. The first-order valence-corrected chi connectivity index (χ1v) is 13.2. The topological polar surface area (TPSA) is 167 Å². The molecular formula is C37H12FN7. The van der Waals surface area contributed by atoms with E-state index in [1.807, 2.05) is 42.5 Å². The highest BCUT2D eigenvalue weighted by Gasteiger charge is 2.42. The van der Waals surface area contributed by atoms with Gasteiger partial charge in [0.05, 0.1) is 16.7 Å². The fraction of sp³-hybridized carbons (Fsp3) is 0. The summed E-state index contributed by atoms with van der Waals surface area (Å²) in [4.78, 5) is 0. The van der Waals surface area contributed by atoms with Crippen LogP contribution in [0.4, 0.5) is 4.39 Å². The van der Waals surface area contributed by atoms with Gasteiger partial charge in [-0.1, -0.05) is 48.5 Å². The van der Waals surface area contributed by atoms with Crippen molar-refractivity contribution in [2.45, 2.75) is 0 Å². The van der Waals surface area contributed by atoms with Crippen LogP contribution in [0.15, 0.2) is 83.9 Å². The van der Waals surface area contributed by atoms with Gasteiger partial charge in [-0.15, -0.1) is 0 Å². The third kappa shape index (κ3) is 3.97. The summed E-state index contributed by atoms with van der Waals surface area (Å²) < 4.78 is 14.3. The van der Waals surface area contributed by atoms with Crippen LogP contribution >= 0.6 is 0 Å². The van der Waals surface area contributed by atoms with Gasteiger partial charge in [0.2, 0.25) is 0 Å². The minimum Gasteiger partial charge on any atom is -0.206 e. The monoisotopic (exact) mass is 573 g/mol. The molecule has 0 atom stereocenters. The Balaban J connectivity index is 1.74. The predicted molar refractivity (Wildman–Crippen MR) is 161 cm³/mol. The standard InChI is InChI=1S/C37H12FN7/c38-31-10-9-21(12-24(31)15-41)28-4-2-6-30-35(28)33(26(18-44)19-45)36-29-5-1-3-27(20-7-8-22(13-39)23(11-20)14-40)34(29)32(37(30)36)25(16-42)17-43/h1-12H. The minimum absolute atomic E-state index is 0.153. The van der Waals surface area contributed by atoms with Crippen molar-refractivity contribution in [2.24, 2.45) is 0 Å². The first-order chi connectivity index (χ1) is 22.0. The highest BCUT2D eigenvalue weighted by atomic mass is 19.1. The SMILES string of the molecule is N#CC(C#N)=C1C2=C(C(=C(C#N)C#N)c3c2cccc3-c2ccc(C#N)c(C#N)c2)c2cccc(-c3ccc(F)c(C#N)c3)c21. The molecule has 6 rings (SSSR count). The van der Waals surface area contributed by atoms with Crippen molar-refractivity contribution in [3.63, 3.8) is 0 Å². The maximum absolute atomic E-state index is 14.3. The molecule has 0 bridgehead atoms. The summed E-state index contributed by atoms with van der Waals surface area (Å²) in [5.41, 5.74) is 5.49. The molecule has 4 aromatic carbocycles. The number of rotatable bonds is 2. The molecule has 45 heavy (non-hydrogen) atoms. The van der Waals surface area contributed by atoms with E-state index in [1.54, 1.807) is 48.5 Å². The Morgan fingerprint density at radius 1 is 0.467 bits per heavy atom. The number of hydrogen-bond acceptors (Lipinski definition) is 7. The molecule has 7 nitrogen and oxygen atoms in total. The quantitative estimate of drug-likeness (QED) is 0.226. The molecule has 0 saturated heterocycles. The molecule has 2 aliphatic carbocycles. The Morgan fingerprint density at radius 2 is 0.889 bits per heavy atom. The van der Waals surface area contributed by atoms with Crippen LogP contribution in [0.3, 0.4) is 0 Å². The van der Waals surface area contributed by atoms with Gasteiger partial charge in [-0.2, -0.15) is 36.8 Å². The average molecular weight is 574 g/mol. The lowest BCUT2D eigenvalue weighted by molar-refractivity contribution is 0.624. The van der Waals surface area contributed by atoms with Gasteiger partial charge < -0.3 is 0 Å². The van der Waals surface area contributed by atoms with E-state index in [9.17, 15) is 41.2 Å². The maximum atomic E-state index is 14.3. The summed E-state index contributed by atoms with van der Waals surface area (Å²) in [6, 6.07) is 33.2. The van der Waals surface area contributed by atoms with Gasteiger partial charge in [0, 0.05) is 33.4 Å². The number of fused-ring (bicyclic) bond motifs is 4. The summed E-state index contributed by atoms with van der Waals surface area (Å²) in [6.07, 6.45) is 0. The molecule has 4 aromatic rings. The van der Waals surface area contributed by atoms with Gasteiger partial charge in [-0.05, 0) is 57.6 Å². The van der Waals surface area contributed by atoms with E-state index >= 15 is 0 Å². The van der Waals surface area contributed by atoms with E-state index in [2.05, 4.69) is 0 Å². The Morgan fingerprint density at radius 3 is 1.33 bits per heavy atom. The van der Waals surface area contributed by atoms with E-state index < -0.39 is 5.82 Å². The molecule has 2 aliphatic rings. The smallest absolute Gasteiger partial charge is 0.140 e. The summed E-state index contributed by atoms with van der Waals surface area (Å²) in [7, 11) is 0. The van der Waals surface area contributed by atoms with Crippen molar-refractivity contribution in [2.75, 3.05) is 0 Å². The zero-order chi connectivity index (χ0) is 31.8. The van der Waals surface area contributed by atoms with Gasteiger partial charge in [0.25, 0.3) is 0 Å². The van der Waals surface area contributed by atoms with E-state index in [0.29, 0.717) is 61.2 Å². The Kier molecular flexibility index (Phi) is 6.57. The molecule has 0 fully saturated rings. The Bertz CT molecular complexity index is 2430. The Labute approximate surface area is 256 Å². The van der Waals surface area contributed by atoms with Crippen LogP contribution in [0, 0.1) is 85.1 Å². The Hall–Kier alpha value is -7.54. The third-order valence-electron chi connectivity index (χ3n) is 7.83. The van der Waals surface area contributed by atoms with Crippen LogP contribution in [0.5, 0.6) is 0 Å². The van der Waals surface area contributed by atoms with Crippen LogP contribution in [-0.4, -0.2) is 0 Å². The van der Waals surface area contributed by atoms with Gasteiger partial charge in [0.15, 0.2) is 0 Å². The van der Waals surface area contributed by atoms with E-state index in [4.69, 9.17) is 0 Å². The molecule has 0 spiro atoms. The van der Waals surface area contributed by atoms with Gasteiger partial charge in [0.1, 0.15) is 59.4 Å². The van der Waals surface area contributed by atoms with Crippen LogP contribution < -0.4 is 0 Å². The summed E-state index contributed by atoms with van der Waals surface area (Å²) >= 11 is 0. The number of nitrogens with zero attached hydrogens (tertiary/aromatic N) is 7. The second-order valence-corrected chi connectivity index (χ2v) is 9.94. The molecule has 0 aliphatic heterocycles. The van der Waals surface area contributed by atoms with Crippen molar-refractivity contribution in [1.29, 1.82) is 36.8 Å². The zero-order valence-corrected chi connectivity index (χ0v) is 22.9. The number of allylic oxidation sites excluding steroid dienone is 6. The van der Waals surface area contributed by atoms with Crippen molar-refractivity contribution < 1.29 is 4.39 Å². The molecule has 0 radical (unpaired) electrons. The van der Waals surface area contributed by atoms with Gasteiger partial charge in [-0.3, -0.25) is 0 Å². The highest BCUT2D eigenvalue weighted by Crippen LogP contribution is 2.61.